The van der Waals surface area contributed by atoms with E-state index in [-0.39, 0.29) is 0 Å². The first kappa shape index (κ1) is 12.6. The van der Waals surface area contributed by atoms with Gasteiger partial charge in [-0.05, 0) is 6.07 Å². The Balaban J connectivity index is 1.78. The summed E-state index contributed by atoms with van der Waals surface area (Å²) in [5.41, 5.74) is 0.908. The fraction of sp³-hybridized carbons (Fsp3) is 0.571. The number of phenolic OH excluding ortho intramolecular Hbond substituents is 1. The Morgan fingerprint density at radius 1 is 1.11 bits per heavy atom. The number of hydrogen-bond acceptors (Lipinski definition) is 5. The largest absolute Gasteiger partial charge is 0.507 e. The SMILES string of the molecule is Oc1cc2c(cc1CN1CCNCC1)OCCCO2. The molecule has 1 fully saturated rings. The first-order valence-corrected chi connectivity index (χ1v) is 6.87. The minimum Gasteiger partial charge on any atom is -0.507 e. The van der Waals surface area contributed by atoms with Crippen molar-refractivity contribution >= 4 is 0 Å². The van der Waals surface area contributed by atoms with Crippen molar-refractivity contribution in [3.63, 3.8) is 0 Å². The Morgan fingerprint density at radius 3 is 2.53 bits per heavy atom. The summed E-state index contributed by atoms with van der Waals surface area (Å²) >= 11 is 0. The number of rotatable bonds is 2. The normalized spacial score (nSPS) is 20.0. The van der Waals surface area contributed by atoms with Crippen molar-refractivity contribution in [2.24, 2.45) is 0 Å². The molecule has 0 amide bonds. The van der Waals surface area contributed by atoms with Crippen molar-refractivity contribution in [3.05, 3.63) is 17.7 Å². The molecule has 3 rings (SSSR count). The maximum absolute atomic E-state index is 10.1. The topological polar surface area (TPSA) is 54.0 Å². The predicted molar refractivity (Wildman–Crippen MR) is 71.9 cm³/mol. The Labute approximate surface area is 113 Å². The summed E-state index contributed by atoms with van der Waals surface area (Å²) in [6.07, 6.45) is 0.878. The van der Waals surface area contributed by atoms with Crippen LogP contribution < -0.4 is 14.8 Å². The van der Waals surface area contributed by atoms with Gasteiger partial charge in [0.25, 0.3) is 0 Å². The molecule has 1 aromatic carbocycles. The average Bonchev–Trinajstić information content (AvgIpc) is 2.65. The quantitative estimate of drug-likeness (QED) is 0.833. The molecule has 0 unspecified atom stereocenters. The zero-order valence-electron chi connectivity index (χ0n) is 11.0. The fourth-order valence-electron chi connectivity index (χ4n) is 2.48. The van der Waals surface area contributed by atoms with Crippen LogP contribution in [0.1, 0.15) is 12.0 Å². The van der Waals surface area contributed by atoms with E-state index in [0.29, 0.717) is 24.7 Å². The summed E-state index contributed by atoms with van der Waals surface area (Å²) in [4.78, 5) is 2.33. The van der Waals surface area contributed by atoms with Gasteiger partial charge in [-0.25, -0.2) is 0 Å². The summed E-state index contributed by atoms with van der Waals surface area (Å²) in [6, 6.07) is 3.59. The van der Waals surface area contributed by atoms with Crippen molar-refractivity contribution < 1.29 is 14.6 Å². The summed E-state index contributed by atoms with van der Waals surface area (Å²) in [5, 5.41) is 13.4. The van der Waals surface area contributed by atoms with Gasteiger partial charge in [-0.2, -0.15) is 0 Å². The van der Waals surface area contributed by atoms with Crippen LogP contribution in [0.2, 0.25) is 0 Å². The van der Waals surface area contributed by atoms with Gasteiger partial charge >= 0.3 is 0 Å². The molecular formula is C14H20N2O3. The summed E-state index contributed by atoms with van der Waals surface area (Å²) in [5.74, 6) is 1.70. The molecule has 0 saturated carbocycles. The van der Waals surface area contributed by atoms with Crippen LogP contribution in [0.15, 0.2) is 12.1 Å². The first-order valence-electron chi connectivity index (χ1n) is 6.87. The van der Waals surface area contributed by atoms with E-state index < -0.39 is 0 Å². The molecule has 0 spiro atoms. The van der Waals surface area contributed by atoms with E-state index in [1.54, 1.807) is 6.07 Å². The van der Waals surface area contributed by atoms with Gasteiger partial charge in [0, 0.05) is 50.8 Å². The summed E-state index contributed by atoms with van der Waals surface area (Å²) in [7, 11) is 0. The van der Waals surface area contributed by atoms with E-state index >= 15 is 0 Å². The number of nitrogens with zero attached hydrogens (tertiary/aromatic N) is 1. The minimum atomic E-state index is 0.294. The number of piperazine rings is 1. The van der Waals surface area contributed by atoms with Crippen LogP contribution in [0.25, 0.3) is 0 Å². The summed E-state index contributed by atoms with van der Waals surface area (Å²) in [6.45, 7) is 6.09. The Bertz CT molecular complexity index is 445. The molecule has 104 valence electrons. The molecule has 0 atom stereocenters. The van der Waals surface area contributed by atoms with Gasteiger partial charge in [-0.1, -0.05) is 0 Å². The van der Waals surface area contributed by atoms with E-state index in [0.717, 1.165) is 50.5 Å². The lowest BCUT2D eigenvalue weighted by atomic mass is 10.1. The zero-order valence-corrected chi connectivity index (χ0v) is 11.0. The number of nitrogens with one attached hydrogen (secondary N) is 1. The number of fused-ring (bicyclic) bond motifs is 1. The monoisotopic (exact) mass is 264 g/mol. The number of benzene rings is 1. The van der Waals surface area contributed by atoms with Gasteiger partial charge < -0.3 is 19.9 Å². The lowest BCUT2D eigenvalue weighted by Gasteiger charge is -2.27. The second-order valence-electron chi connectivity index (χ2n) is 5.00. The van der Waals surface area contributed by atoms with Crippen LogP contribution in [-0.2, 0) is 6.54 Å². The van der Waals surface area contributed by atoms with Crippen LogP contribution in [-0.4, -0.2) is 49.4 Å². The van der Waals surface area contributed by atoms with Crippen LogP contribution >= 0.6 is 0 Å². The predicted octanol–water partition coefficient (Wildman–Crippen LogP) is 0.959. The molecule has 0 radical (unpaired) electrons. The minimum absolute atomic E-state index is 0.294. The third kappa shape index (κ3) is 2.93. The molecule has 2 aliphatic rings. The molecule has 5 nitrogen and oxygen atoms in total. The molecule has 2 heterocycles. The second kappa shape index (κ2) is 5.67. The molecule has 1 aromatic rings. The Kier molecular flexibility index (Phi) is 3.75. The zero-order chi connectivity index (χ0) is 13.1. The lowest BCUT2D eigenvalue weighted by Crippen LogP contribution is -2.42. The molecular weight excluding hydrogens is 244 g/mol. The van der Waals surface area contributed by atoms with Gasteiger partial charge in [0.05, 0.1) is 13.2 Å². The first-order chi connectivity index (χ1) is 9.33. The van der Waals surface area contributed by atoms with Gasteiger partial charge in [0.15, 0.2) is 11.5 Å². The molecule has 0 aliphatic carbocycles. The van der Waals surface area contributed by atoms with Gasteiger partial charge in [0.2, 0.25) is 0 Å². The van der Waals surface area contributed by atoms with Crippen LogP contribution in [0.5, 0.6) is 17.2 Å². The number of ether oxygens (including phenoxy) is 2. The van der Waals surface area contributed by atoms with E-state index in [4.69, 9.17) is 9.47 Å². The number of phenols is 1. The van der Waals surface area contributed by atoms with E-state index in [9.17, 15) is 5.11 Å². The van der Waals surface area contributed by atoms with E-state index in [1.165, 1.54) is 0 Å². The highest BCUT2D eigenvalue weighted by molar-refractivity contribution is 5.50. The van der Waals surface area contributed by atoms with Crippen LogP contribution in [0.3, 0.4) is 0 Å². The second-order valence-corrected chi connectivity index (χ2v) is 5.00. The Morgan fingerprint density at radius 2 is 1.79 bits per heavy atom. The lowest BCUT2D eigenvalue weighted by molar-refractivity contribution is 0.230. The Hall–Kier alpha value is -1.46. The van der Waals surface area contributed by atoms with Crippen LogP contribution in [0.4, 0.5) is 0 Å². The van der Waals surface area contributed by atoms with Crippen molar-refractivity contribution in [2.75, 3.05) is 39.4 Å². The van der Waals surface area contributed by atoms with Crippen molar-refractivity contribution in [2.45, 2.75) is 13.0 Å². The van der Waals surface area contributed by atoms with Crippen LogP contribution in [0, 0.1) is 0 Å². The third-order valence-electron chi connectivity index (χ3n) is 3.55. The number of aromatic hydroxyl groups is 1. The van der Waals surface area contributed by atoms with E-state index in [1.807, 2.05) is 6.07 Å². The molecule has 0 bridgehead atoms. The standard InChI is InChI=1S/C14H20N2O3/c17-12-9-14-13(18-6-1-7-19-14)8-11(12)10-16-4-2-15-3-5-16/h8-9,15,17H,1-7,10H2. The van der Waals surface area contributed by atoms with Crippen molar-refractivity contribution in [1.29, 1.82) is 0 Å². The third-order valence-corrected chi connectivity index (χ3v) is 3.55. The molecule has 19 heavy (non-hydrogen) atoms. The highest BCUT2D eigenvalue weighted by atomic mass is 16.5. The number of hydrogen-bond donors (Lipinski definition) is 2. The molecule has 2 aliphatic heterocycles. The highest BCUT2D eigenvalue weighted by Gasteiger charge is 2.17. The molecule has 1 saturated heterocycles. The molecule has 0 aromatic heterocycles. The van der Waals surface area contributed by atoms with E-state index in [2.05, 4.69) is 10.2 Å². The van der Waals surface area contributed by atoms with Gasteiger partial charge in [0.1, 0.15) is 5.75 Å². The van der Waals surface area contributed by atoms with Crippen molar-refractivity contribution in [3.8, 4) is 17.2 Å². The smallest absolute Gasteiger partial charge is 0.164 e. The summed E-state index contributed by atoms with van der Waals surface area (Å²) < 4.78 is 11.2. The van der Waals surface area contributed by atoms with Gasteiger partial charge in [-0.3, -0.25) is 4.90 Å². The maximum Gasteiger partial charge on any atom is 0.164 e. The highest BCUT2D eigenvalue weighted by Crippen LogP contribution is 2.36. The molecule has 2 N–H and O–H groups in total. The maximum atomic E-state index is 10.1. The van der Waals surface area contributed by atoms with Crippen molar-refractivity contribution in [1.82, 2.24) is 10.2 Å². The van der Waals surface area contributed by atoms with Gasteiger partial charge in [-0.15, -0.1) is 0 Å². The fourth-order valence-corrected chi connectivity index (χ4v) is 2.48. The average molecular weight is 264 g/mol. The molecule has 5 heteroatoms.